The van der Waals surface area contributed by atoms with Gasteiger partial charge in [0.1, 0.15) is 11.6 Å². The predicted molar refractivity (Wildman–Crippen MR) is 64.7 cm³/mol. The van der Waals surface area contributed by atoms with Crippen molar-refractivity contribution in [3.05, 3.63) is 58.6 Å². The highest BCUT2D eigenvalue weighted by Crippen LogP contribution is 2.28. The summed E-state index contributed by atoms with van der Waals surface area (Å²) in [5.41, 5.74) is 7.40. The second-order valence-corrected chi connectivity index (χ2v) is 4.10. The summed E-state index contributed by atoms with van der Waals surface area (Å²) in [7, 11) is 0. The van der Waals surface area contributed by atoms with Crippen LogP contribution in [0.1, 0.15) is 5.56 Å². The zero-order valence-corrected chi connectivity index (χ0v) is 9.64. The molecule has 0 aromatic heterocycles. The van der Waals surface area contributed by atoms with Crippen molar-refractivity contribution >= 4 is 11.6 Å². The molecule has 0 fully saturated rings. The van der Waals surface area contributed by atoms with E-state index in [1.54, 1.807) is 12.1 Å². The lowest BCUT2D eigenvalue weighted by molar-refractivity contribution is 0.625. The number of hydrogen-bond donors (Lipinski definition) is 1. The molecule has 0 unspecified atom stereocenters. The molecule has 0 amide bonds. The molecule has 0 bridgehead atoms. The maximum Gasteiger partial charge on any atom is 0.125 e. The van der Waals surface area contributed by atoms with Crippen molar-refractivity contribution in [2.45, 2.75) is 6.54 Å². The first-order valence-corrected chi connectivity index (χ1v) is 5.43. The zero-order valence-electron chi connectivity index (χ0n) is 8.88. The summed E-state index contributed by atoms with van der Waals surface area (Å²) in [6, 6.07) is 8.33. The Balaban J connectivity index is 2.62. The molecule has 0 aliphatic rings. The topological polar surface area (TPSA) is 26.0 Å². The Kier molecular flexibility index (Phi) is 3.41. The van der Waals surface area contributed by atoms with Crippen LogP contribution in [0.3, 0.4) is 0 Å². The van der Waals surface area contributed by atoms with E-state index in [-0.39, 0.29) is 11.6 Å². The van der Waals surface area contributed by atoms with Crippen molar-refractivity contribution in [2.24, 2.45) is 5.73 Å². The van der Waals surface area contributed by atoms with Gasteiger partial charge in [0, 0.05) is 11.6 Å². The van der Waals surface area contributed by atoms with Crippen LogP contribution in [-0.2, 0) is 6.54 Å². The number of benzene rings is 2. The monoisotopic (exact) mass is 253 g/mol. The van der Waals surface area contributed by atoms with E-state index in [1.807, 2.05) is 0 Å². The van der Waals surface area contributed by atoms with E-state index in [0.717, 1.165) is 5.56 Å². The average Bonchev–Trinajstić information content (AvgIpc) is 2.27. The normalized spacial score (nSPS) is 10.6. The molecule has 88 valence electrons. The Hall–Kier alpha value is -1.45. The van der Waals surface area contributed by atoms with Crippen molar-refractivity contribution in [3.63, 3.8) is 0 Å². The van der Waals surface area contributed by atoms with Gasteiger partial charge in [-0.3, -0.25) is 0 Å². The second kappa shape index (κ2) is 4.82. The molecular formula is C13H10ClF2N. The fraction of sp³-hybridized carbons (Fsp3) is 0.0769. The molecule has 4 heteroatoms. The fourth-order valence-corrected chi connectivity index (χ4v) is 1.93. The molecule has 2 aromatic rings. The van der Waals surface area contributed by atoms with Gasteiger partial charge in [0.05, 0.1) is 0 Å². The van der Waals surface area contributed by atoms with Gasteiger partial charge in [-0.25, -0.2) is 8.78 Å². The molecule has 17 heavy (non-hydrogen) atoms. The molecule has 0 aliphatic heterocycles. The molecule has 1 nitrogen and oxygen atoms in total. The smallest absolute Gasteiger partial charge is 0.125 e. The fourth-order valence-electron chi connectivity index (χ4n) is 1.70. The highest BCUT2D eigenvalue weighted by atomic mass is 35.5. The number of nitrogens with two attached hydrogens (primary N) is 1. The lowest BCUT2D eigenvalue weighted by Gasteiger charge is -2.09. The highest BCUT2D eigenvalue weighted by Gasteiger charge is 2.08. The first kappa shape index (κ1) is 12.0. The van der Waals surface area contributed by atoms with E-state index < -0.39 is 11.6 Å². The Morgan fingerprint density at radius 2 is 1.76 bits per heavy atom. The van der Waals surface area contributed by atoms with Crippen LogP contribution in [0.5, 0.6) is 0 Å². The first-order valence-electron chi connectivity index (χ1n) is 5.05. The highest BCUT2D eigenvalue weighted by molar-refractivity contribution is 6.30. The van der Waals surface area contributed by atoms with Crippen LogP contribution < -0.4 is 5.73 Å². The van der Waals surface area contributed by atoms with Gasteiger partial charge in [0.15, 0.2) is 0 Å². The lowest BCUT2D eigenvalue weighted by Crippen LogP contribution is -1.99. The third-order valence-corrected chi connectivity index (χ3v) is 2.68. The van der Waals surface area contributed by atoms with Crippen molar-refractivity contribution in [1.82, 2.24) is 0 Å². The van der Waals surface area contributed by atoms with Gasteiger partial charge in [0.2, 0.25) is 0 Å². The summed E-state index contributed by atoms with van der Waals surface area (Å²) in [6.45, 7) is 0.254. The minimum absolute atomic E-state index is 0.254. The van der Waals surface area contributed by atoms with E-state index in [9.17, 15) is 8.78 Å². The van der Waals surface area contributed by atoms with Crippen LogP contribution >= 0.6 is 11.6 Å². The summed E-state index contributed by atoms with van der Waals surface area (Å²) in [5.74, 6) is -0.850. The molecular weight excluding hydrogens is 244 g/mol. The molecule has 0 spiro atoms. The Labute approximate surface area is 103 Å². The van der Waals surface area contributed by atoms with Gasteiger partial charge < -0.3 is 5.73 Å². The Bertz CT molecular complexity index is 535. The van der Waals surface area contributed by atoms with Crippen LogP contribution in [0.15, 0.2) is 36.4 Å². The van der Waals surface area contributed by atoms with Crippen LogP contribution in [0.4, 0.5) is 8.78 Å². The summed E-state index contributed by atoms with van der Waals surface area (Å²) in [5, 5.41) is 0.271. The molecule has 2 N–H and O–H groups in total. The summed E-state index contributed by atoms with van der Waals surface area (Å²) in [4.78, 5) is 0. The number of halogens is 3. The van der Waals surface area contributed by atoms with Crippen LogP contribution in [0, 0.1) is 11.6 Å². The van der Waals surface area contributed by atoms with Crippen LogP contribution in [0.2, 0.25) is 5.02 Å². The van der Waals surface area contributed by atoms with Crippen LogP contribution in [-0.4, -0.2) is 0 Å². The largest absolute Gasteiger partial charge is 0.326 e. The minimum Gasteiger partial charge on any atom is -0.326 e. The molecule has 2 rings (SSSR count). The van der Waals surface area contributed by atoms with E-state index in [2.05, 4.69) is 0 Å². The third-order valence-electron chi connectivity index (χ3n) is 2.47. The van der Waals surface area contributed by atoms with Gasteiger partial charge in [-0.15, -0.1) is 0 Å². The Morgan fingerprint density at radius 1 is 1.00 bits per heavy atom. The van der Waals surface area contributed by atoms with Gasteiger partial charge in [-0.1, -0.05) is 17.7 Å². The van der Waals surface area contributed by atoms with Crippen molar-refractivity contribution in [2.75, 3.05) is 0 Å². The molecule has 0 heterocycles. The maximum absolute atomic E-state index is 13.2. The van der Waals surface area contributed by atoms with Gasteiger partial charge in [0.25, 0.3) is 0 Å². The van der Waals surface area contributed by atoms with E-state index in [4.69, 9.17) is 17.3 Å². The van der Waals surface area contributed by atoms with Crippen molar-refractivity contribution < 1.29 is 8.78 Å². The van der Waals surface area contributed by atoms with Gasteiger partial charge in [-0.05, 0) is 47.0 Å². The maximum atomic E-state index is 13.2. The van der Waals surface area contributed by atoms with E-state index in [1.165, 1.54) is 24.3 Å². The first-order chi connectivity index (χ1) is 8.10. The van der Waals surface area contributed by atoms with Crippen molar-refractivity contribution in [1.29, 1.82) is 0 Å². The second-order valence-electron chi connectivity index (χ2n) is 3.66. The third kappa shape index (κ3) is 2.62. The number of rotatable bonds is 2. The lowest BCUT2D eigenvalue weighted by atomic mass is 9.99. The van der Waals surface area contributed by atoms with Gasteiger partial charge in [-0.2, -0.15) is 0 Å². The molecule has 0 atom stereocenters. The van der Waals surface area contributed by atoms with Crippen LogP contribution in [0.25, 0.3) is 11.1 Å². The minimum atomic E-state index is -0.459. The molecule has 0 radical (unpaired) electrons. The molecule has 2 aromatic carbocycles. The summed E-state index contributed by atoms with van der Waals surface area (Å²) in [6.07, 6.45) is 0. The van der Waals surface area contributed by atoms with Gasteiger partial charge >= 0.3 is 0 Å². The summed E-state index contributed by atoms with van der Waals surface area (Å²) >= 11 is 5.77. The average molecular weight is 254 g/mol. The van der Waals surface area contributed by atoms with Crippen molar-refractivity contribution in [3.8, 4) is 11.1 Å². The quantitative estimate of drug-likeness (QED) is 0.867. The predicted octanol–water partition coefficient (Wildman–Crippen LogP) is 3.74. The van der Waals surface area contributed by atoms with E-state index >= 15 is 0 Å². The Morgan fingerprint density at radius 3 is 2.41 bits per heavy atom. The SMILES string of the molecule is NCc1ccc(F)cc1-c1cc(F)cc(Cl)c1. The number of hydrogen-bond acceptors (Lipinski definition) is 1. The molecule has 0 saturated heterocycles. The zero-order chi connectivity index (χ0) is 12.4. The molecule has 0 saturated carbocycles. The standard InChI is InChI=1S/C13H10ClF2N/c14-10-3-9(4-12(16)5-10)13-6-11(15)2-1-8(13)7-17/h1-6H,7,17H2. The summed E-state index contributed by atoms with van der Waals surface area (Å²) < 4.78 is 26.4. The van der Waals surface area contributed by atoms with E-state index in [0.29, 0.717) is 11.1 Å². The molecule has 0 aliphatic carbocycles.